The second-order valence-electron chi connectivity index (χ2n) is 10.4. The maximum Gasteiger partial charge on any atom is 0.335 e. The first-order chi connectivity index (χ1) is 20.4. The van der Waals surface area contributed by atoms with Crippen LogP contribution in [0.15, 0.2) is 109 Å². The molecule has 3 heterocycles. The van der Waals surface area contributed by atoms with Gasteiger partial charge in [-0.25, -0.2) is 9.69 Å². The van der Waals surface area contributed by atoms with E-state index in [0.29, 0.717) is 21.8 Å². The van der Waals surface area contributed by atoms with E-state index in [2.05, 4.69) is 0 Å². The van der Waals surface area contributed by atoms with Crippen molar-refractivity contribution in [3.05, 3.63) is 131 Å². The molecule has 2 amide bonds. The summed E-state index contributed by atoms with van der Waals surface area (Å²) >= 11 is 6.04. The Labute approximate surface area is 246 Å². The van der Waals surface area contributed by atoms with Gasteiger partial charge < -0.3 is 9.64 Å². The molecule has 0 aromatic heterocycles. The fourth-order valence-corrected chi connectivity index (χ4v) is 6.36. The van der Waals surface area contributed by atoms with Crippen LogP contribution in [-0.4, -0.2) is 35.7 Å². The largest absolute Gasteiger partial charge is 0.425 e. The van der Waals surface area contributed by atoms with Crippen LogP contribution in [0.2, 0.25) is 5.02 Å². The number of carbonyl (C=O) groups is 4. The summed E-state index contributed by atoms with van der Waals surface area (Å²) in [7, 11) is 0. The predicted molar refractivity (Wildman–Crippen MR) is 158 cm³/mol. The first-order valence-corrected chi connectivity index (χ1v) is 13.9. The zero-order valence-electron chi connectivity index (χ0n) is 22.1. The Bertz CT molecular complexity index is 1770. The van der Waals surface area contributed by atoms with Crippen molar-refractivity contribution in [3.63, 3.8) is 0 Å². The quantitative estimate of drug-likeness (QED) is 0.134. The Morgan fingerprint density at radius 1 is 0.714 bits per heavy atom. The number of carbonyl (C=O) groups excluding carboxylic acids is 4. The van der Waals surface area contributed by atoms with Gasteiger partial charge in [0.25, 0.3) is 0 Å². The second kappa shape index (κ2) is 10.1. The normalized spacial score (nSPS) is 22.0. The van der Waals surface area contributed by atoms with Crippen LogP contribution in [0.4, 0.5) is 11.4 Å². The van der Waals surface area contributed by atoms with E-state index in [1.54, 1.807) is 72.8 Å². The summed E-state index contributed by atoms with van der Waals surface area (Å²) in [6.45, 7) is 0. The van der Waals surface area contributed by atoms with Crippen LogP contribution < -0.4 is 14.5 Å². The van der Waals surface area contributed by atoms with Gasteiger partial charge in [0.05, 0.1) is 23.6 Å². The first-order valence-electron chi connectivity index (χ1n) is 13.5. The number of fused-ring (bicyclic) bond motifs is 5. The molecule has 4 atom stereocenters. The molecule has 2 saturated heterocycles. The van der Waals surface area contributed by atoms with Crippen molar-refractivity contribution in [2.45, 2.75) is 12.1 Å². The third-order valence-electron chi connectivity index (χ3n) is 8.11. The number of ether oxygens (including phenoxy) is 1. The van der Waals surface area contributed by atoms with E-state index in [1.807, 2.05) is 47.4 Å². The molecule has 0 bridgehead atoms. The first kappa shape index (κ1) is 25.9. The lowest BCUT2D eigenvalue weighted by atomic mass is 9.89. The number of anilines is 2. The number of hydrogen-bond acceptors (Lipinski definition) is 6. The van der Waals surface area contributed by atoms with Gasteiger partial charge in [-0.05, 0) is 60.2 Å². The number of amides is 2. The van der Waals surface area contributed by atoms with Crippen LogP contribution in [0.3, 0.4) is 0 Å². The minimum Gasteiger partial charge on any atom is -0.425 e. The van der Waals surface area contributed by atoms with Gasteiger partial charge in [0.2, 0.25) is 11.8 Å². The maximum absolute atomic E-state index is 13.9. The monoisotopic (exact) mass is 574 g/mol. The van der Waals surface area contributed by atoms with Gasteiger partial charge in [-0.1, -0.05) is 72.3 Å². The average Bonchev–Trinajstić information content (AvgIpc) is 3.50. The fraction of sp³-hybridized carbons (Fsp3) is 0.118. The third-order valence-corrected chi connectivity index (χ3v) is 8.36. The van der Waals surface area contributed by atoms with Gasteiger partial charge in [0.1, 0.15) is 11.8 Å². The van der Waals surface area contributed by atoms with Gasteiger partial charge in [-0.15, -0.1) is 0 Å². The molecule has 7 rings (SSSR count). The van der Waals surface area contributed by atoms with E-state index in [-0.39, 0.29) is 17.4 Å². The zero-order chi connectivity index (χ0) is 29.0. The number of ketones is 1. The zero-order valence-corrected chi connectivity index (χ0v) is 22.8. The molecule has 206 valence electrons. The lowest BCUT2D eigenvalue weighted by Gasteiger charge is -2.36. The number of nitrogens with zero attached hydrogens (tertiary/aromatic N) is 2. The summed E-state index contributed by atoms with van der Waals surface area (Å²) in [6.07, 6.45) is 3.81. The Morgan fingerprint density at radius 2 is 1.36 bits per heavy atom. The highest BCUT2D eigenvalue weighted by molar-refractivity contribution is 6.31. The summed E-state index contributed by atoms with van der Waals surface area (Å²) in [6, 6.07) is 27.7. The molecule has 8 heteroatoms. The number of imide groups is 1. The Hall–Kier alpha value is -5.01. The summed E-state index contributed by atoms with van der Waals surface area (Å²) in [5.74, 6) is -3.13. The fourth-order valence-electron chi connectivity index (χ4n) is 6.24. The van der Waals surface area contributed by atoms with Gasteiger partial charge in [0.15, 0.2) is 5.78 Å². The average molecular weight is 575 g/mol. The molecule has 4 aromatic carbocycles. The number of rotatable bonds is 5. The van der Waals surface area contributed by atoms with Gasteiger partial charge in [-0.2, -0.15) is 0 Å². The summed E-state index contributed by atoms with van der Waals surface area (Å²) < 4.78 is 5.84. The minimum atomic E-state index is -1.05. The van der Waals surface area contributed by atoms with Gasteiger partial charge in [0, 0.05) is 21.8 Å². The van der Waals surface area contributed by atoms with E-state index in [9.17, 15) is 19.2 Å². The molecule has 0 unspecified atom stereocenters. The minimum absolute atomic E-state index is 0.149. The van der Waals surface area contributed by atoms with Crippen LogP contribution in [0.5, 0.6) is 5.75 Å². The third kappa shape index (κ3) is 4.13. The molecule has 0 aliphatic carbocycles. The second-order valence-corrected chi connectivity index (χ2v) is 10.9. The lowest BCUT2D eigenvalue weighted by Crippen LogP contribution is -2.50. The summed E-state index contributed by atoms with van der Waals surface area (Å²) in [5.41, 5.74) is 3.04. The van der Waals surface area contributed by atoms with E-state index >= 15 is 0 Å². The molecule has 7 nitrogen and oxygen atoms in total. The summed E-state index contributed by atoms with van der Waals surface area (Å²) in [4.78, 5) is 57.5. The standard InChI is InChI=1S/C34H23ClN2O5/c35-23-13-15-24(16-14-23)36-32(39)28-27-19-12-20-6-4-5-9-26(20)37(27)30(29(28)33(36)40)34(41)42-25-17-10-22(11-18-25)31(38)21-7-2-1-3-8-21/h1-19,27-30H/t27-,28-,29+,30-/m0/s1. The molecular weight excluding hydrogens is 552 g/mol. The van der Waals surface area contributed by atoms with Crippen LogP contribution >= 0.6 is 11.6 Å². The van der Waals surface area contributed by atoms with Crippen LogP contribution in [0.25, 0.3) is 6.08 Å². The number of para-hydroxylation sites is 1. The number of esters is 1. The molecular formula is C34H23ClN2O5. The molecule has 4 aromatic rings. The number of hydrogen-bond donors (Lipinski definition) is 0. The highest BCUT2D eigenvalue weighted by Gasteiger charge is 2.65. The van der Waals surface area contributed by atoms with Crippen molar-refractivity contribution >= 4 is 52.6 Å². The van der Waals surface area contributed by atoms with E-state index in [0.717, 1.165) is 16.2 Å². The van der Waals surface area contributed by atoms with E-state index in [4.69, 9.17) is 16.3 Å². The van der Waals surface area contributed by atoms with Crippen LogP contribution in [0, 0.1) is 11.8 Å². The van der Waals surface area contributed by atoms with Crippen molar-refractivity contribution < 1.29 is 23.9 Å². The predicted octanol–water partition coefficient (Wildman–Crippen LogP) is 5.57. The Morgan fingerprint density at radius 3 is 2.10 bits per heavy atom. The van der Waals surface area contributed by atoms with Crippen molar-refractivity contribution in [1.29, 1.82) is 0 Å². The molecule has 2 fully saturated rings. The lowest BCUT2D eigenvalue weighted by molar-refractivity contribution is -0.139. The summed E-state index contributed by atoms with van der Waals surface area (Å²) in [5, 5.41) is 0.481. The molecule has 0 saturated carbocycles. The van der Waals surface area contributed by atoms with Crippen molar-refractivity contribution in [3.8, 4) is 5.75 Å². The smallest absolute Gasteiger partial charge is 0.335 e. The molecule has 3 aliphatic rings. The van der Waals surface area contributed by atoms with Crippen molar-refractivity contribution in [2.24, 2.45) is 11.8 Å². The van der Waals surface area contributed by atoms with Crippen molar-refractivity contribution in [1.82, 2.24) is 0 Å². The topological polar surface area (TPSA) is 84.0 Å². The number of halogens is 1. The molecule has 0 N–H and O–H groups in total. The maximum atomic E-state index is 13.9. The van der Waals surface area contributed by atoms with Gasteiger partial charge >= 0.3 is 5.97 Å². The van der Waals surface area contributed by atoms with Crippen LogP contribution in [-0.2, 0) is 14.4 Å². The van der Waals surface area contributed by atoms with Crippen molar-refractivity contribution in [2.75, 3.05) is 9.80 Å². The molecule has 0 radical (unpaired) electrons. The SMILES string of the molecule is O=C(c1ccccc1)c1ccc(OC(=O)[C@@H]2[C@@H]3C(=O)N(c4ccc(Cl)cc4)C(=O)[C@H]3[C@@H]3C=Cc4ccccc4N23)cc1. The number of benzene rings is 4. The molecule has 42 heavy (non-hydrogen) atoms. The Balaban J connectivity index is 1.22. The highest BCUT2D eigenvalue weighted by Crippen LogP contribution is 2.49. The van der Waals surface area contributed by atoms with Crippen LogP contribution in [0.1, 0.15) is 21.5 Å². The highest BCUT2D eigenvalue weighted by atomic mass is 35.5. The van der Waals surface area contributed by atoms with E-state index < -0.39 is 35.8 Å². The Kier molecular flexibility index (Phi) is 6.25. The van der Waals surface area contributed by atoms with Gasteiger partial charge in [-0.3, -0.25) is 14.4 Å². The molecule has 3 aliphatic heterocycles. The van der Waals surface area contributed by atoms with E-state index in [1.165, 1.54) is 0 Å². The molecule has 0 spiro atoms.